The summed E-state index contributed by atoms with van der Waals surface area (Å²) in [7, 11) is -3.37. The average Bonchev–Trinajstić information content (AvgIpc) is 3.09. The predicted octanol–water partition coefficient (Wildman–Crippen LogP) is 2.81. The molecule has 154 valence electrons. The van der Waals surface area contributed by atoms with Crippen LogP contribution in [0.3, 0.4) is 0 Å². The van der Waals surface area contributed by atoms with E-state index in [0.29, 0.717) is 25.2 Å². The molecule has 12 heteroatoms. The summed E-state index contributed by atoms with van der Waals surface area (Å²) in [6, 6.07) is 7.68. The van der Waals surface area contributed by atoms with Gasteiger partial charge in [0.05, 0.1) is 25.6 Å². The molecule has 1 aromatic carbocycles. The molecule has 0 saturated carbocycles. The third-order valence-corrected chi connectivity index (χ3v) is 6.60. The largest absolute Gasteiger partial charge is 0.369 e. The Hall–Kier alpha value is -2.04. The first-order valence-corrected chi connectivity index (χ1v) is 11.4. The monoisotopic (exact) mass is 483 g/mol. The smallest absolute Gasteiger partial charge is 0.356 e. The lowest BCUT2D eigenvalue weighted by Crippen LogP contribution is -2.17. The standard InChI is InChI=1S/C17H19BrN5O5P/c18-12-3-1-11(2-4-12)13-5-7-27-29(25,28-13)10-26-8-6-23-9-20-14-15(23)21-17(19)22-16(14)24/h1-4,9,13H,5-8,10H2,(H3,19,21,22,24). The Bertz CT molecular complexity index is 1120. The highest BCUT2D eigenvalue weighted by atomic mass is 79.9. The van der Waals surface area contributed by atoms with E-state index in [-0.39, 0.29) is 30.5 Å². The molecule has 0 aliphatic carbocycles. The fourth-order valence-corrected chi connectivity index (χ4v) is 4.83. The fraction of sp³-hybridized carbons (Fsp3) is 0.353. The lowest BCUT2D eigenvalue weighted by molar-refractivity contribution is 0.0563. The number of ether oxygens (including phenoxy) is 1. The van der Waals surface area contributed by atoms with Crippen LogP contribution in [0.1, 0.15) is 18.1 Å². The van der Waals surface area contributed by atoms with Crippen LogP contribution in [0.25, 0.3) is 11.2 Å². The van der Waals surface area contributed by atoms with Gasteiger partial charge in [-0.3, -0.25) is 18.9 Å². The Morgan fingerprint density at radius 2 is 2.17 bits per heavy atom. The summed E-state index contributed by atoms with van der Waals surface area (Å²) >= 11 is 3.40. The van der Waals surface area contributed by atoms with Crippen molar-refractivity contribution in [1.29, 1.82) is 0 Å². The third kappa shape index (κ3) is 4.59. The Morgan fingerprint density at radius 3 is 2.97 bits per heavy atom. The molecule has 0 radical (unpaired) electrons. The molecule has 2 aromatic heterocycles. The summed E-state index contributed by atoms with van der Waals surface area (Å²) in [6.07, 6.45) is 1.63. The molecule has 4 rings (SSSR count). The molecule has 1 aliphatic rings. The van der Waals surface area contributed by atoms with Crippen LogP contribution < -0.4 is 11.3 Å². The number of aromatic nitrogens is 4. The molecule has 29 heavy (non-hydrogen) atoms. The maximum Gasteiger partial charge on any atom is 0.356 e. The van der Waals surface area contributed by atoms with E-state index < -0.39 is 13.2 Å². The van der Waals surface area contributed by atoms with Crippen molar-refractivity contribution in [2.24, 2.45) is 0 Å². The number of halogens is 1. The quantitative estimate of drug-likeness (QED) is 0.403. The highest BCUT2D eigenvalue weighted by Gasteiger charge is 2.34. The molecule has 3 N–H and O–H groups in total. The first-order valence-electron chi connectivity index (χ1n) is 8.89. The van der Waals surface area contributed by atoms with Crippen molar-refractivity contribution < 1.29 is 18.3 Å². The van der Waals surface area contributed by atoms with E-state index in [2.05, 4.69) is 30.9 Å². The second-order valence-electron chi connectivity index (χ2n) is 6.48. The average molecular weight is 484 g/mol. The van der Waals surface area contributed by atoms with Gasteiger partial charge in [-0.1, -0.05) is 28.1 Å². The second kappa shape index (κ2) is 8.37. The van der Waals surface area contributed by atoms with Crippen molar-refractivity contribution in [2.45, 2.75) is 19.1 Å². The number of rotatable bonds is 6. The van der Waals surface area contributed by atoms with E-state index in [9.17, 15) is 9.36 Å². The Kier molecular flexibility index (Phi) is 5.84. The van der Waals surface area contributed by atoms with Crippen LogP contribution in [-0.4, -0.2) is 39.1 Å². The van der Waals surface area contributed by atoms with Crippen LogP contribution in [0.5, 0.6) is 0 Å². The van der Waals surface area contributed by atoms with Crippen LogP contribution in [0.15, 0.2) is 39.9 Å². The number of hydrogen-bond donors (Lipinski definition) is 2. The SMILES string of the molecule is Nc1nc2c(ncn2CCOCP2(=O)OCCC(c3ccc(Br)cc3)O2)c(=O)[nH]1. The van der Waals surface area contributed by atoms with Crippen molar-refractivity contribution in [1.82, 2.24) is 19.5 Å². The fourth-order valence-electron chi connectivity index (χ4n) is 3.02. The second-order valence-corrected chi connectivity index (χ2v) is 9.34. The number of imidazole rings is 1. The summed E-state index contributed by atoms with van der Waals surface area (Å²) in [5, 5.41) is 0. The molecule has 10 nitrogen and oxygen atoms in total. The van der Waals surface area contributed by atoms with Gasteiger partial charge in [-0.15, -0.1) is 0 Å². The number of benzene rings is 1. The van der Waals surface area contributed by atoms with Gasteiger partial charge in [0, 0.05) is 17.4 Å². The van der Waals surface area contributed by atoms with Gasteiger partial charge in [0.2, 0.25) is 5.95 Å². The summed E-state index contributed by atoms with van der Waals surface area (Å²) in [4.78, 5) is 22.3. The van der Waals surface area contributed by atoms with E-state index >= 15 is 0 Å². The molecule has 3 heterocycles. The molecule has 0 amide bonds. The van der Waals surface area contributed by atoms with Gasteiger partial charge < -0.3 is 19.6 Å². The van der Waals surface area contributed by atoms with Gasteiger partial charge >= 0.3 is 7.60 Å². The summed E-state index contributed by atoms with van der Waals surface area (Å²) in [6.45, 7) is 0.890. The minimum absolute atomic E-state index is 0.0117. The number of hydrogen-bond acceptors (Lipinski definition) is 8. The van der Waals surface area contributed by atoms with E-state index in [4.69, 9.17) is 19.5 Å². The van der Waals surface area contributed by atoms with Crippen molar-refractivity contribution >= 4 is 40.6 Å². The van der Waals surface area contributed by atoms with Gasteiger partial charge in [-0.25, -0.2) is 4.98 Å². The number of nitrogens with one attached hydrogen (secondary N) is 1. The first kappa shape index (κ1) is 20.2. The number of H-pyrrole nitrogens is 1. The summed E-state index contributed by atoms with van der Waals surface area (Å²) in [5.74, 6) is 0.0117. The van der Waals surface area contributed by atoms with Crippen LogP contribution in [0, 0.1) is 0 Å². The van der Waals surface area contributed by atoms with Crippen LogP contribution in [-0.2, 0) is 24.9 Å². The minimum Gasteiger partial charge on any atom is -0.369 e. The zero-order valence-corrected chi connectivity index (χ0v) is 17.8. The minimum atomic E-state index is -3.37. The lowest BCUT2D eigenvalue weighted by Gasteiger charge is -2.29. The molecule has 3 aromatic rings. The van der Waals surface area contributed by atoms with Crippen LogP contribution in [0.2, 0.25) is 0 Å². The molecule has 1 aliphatic heterocycles. The highest BCUT2D eigenvalue weighted by molar-refractivity contribution is 9.10. The van der Waals surface area contributed by atoms with E-state index in [1.54, 1.807) is 4.57 Å². The van der Waals surface area contributed by atoms with Gasteiger partial charge in [-0.2, -0.15) is 4.98 Å². The Balaban J connectivity index is 1.35. The number of nitrogens with zero attached hydrogens (tertiary/aromatic N) is 3. The molecular formula is C17H19BrN5O5P. The van der Waals surface area contributed by atoms with Gasteiger partial charge in [0.15, 0.2) is 11.2 Å². The van der Waals surface area contributed by atoms with Crippen LogP contribution >= 0.6 is 23.5 Å². The topological polar surface area (TPSA) is 134 Å². The Morgan fingerprint density at radius 1 is 1.38 bits per heavy atom. The number of nitrogen functional groups attached to an aromatic ring is 1. The molecular weight excluding hydrogens is 465 g/mol. The zero-order chi connectivity index (χ0) is 20.4. The molecule has 0 bridgehead atoms. The van der Waals surface area contributed by atoms with E-state index in [1.165, 1.54) is 6.33 Å². The van der Waals surface area contributed by atoms with Crippen molar-refractivity contribution in [3.05, 3.63) is 51.0 Å². The Labute approximate surface area is 174 Å². The number of anilines is 1. The molecule has 2 unspecified atom stereocenters. The highest BCUT2D eigenvalue weighted by Crippen LogP contribution is 2.55. The van der Waals surface area contributed by atoms with Gasteiger partial charge in [0.1, 0.15) is 6.35 Å². The van der Waals surface area contributed by atoms with Gasteiger partial charge in [0.25, 0.3) is 5.56 Å². The summed E-state index contributed by atoms with van der Waals surface area (Å²) < 4.78 is 32.2. The van der Waals surface area contributed by atoms with Crippen LogP contribution in [0.4, 0.5) is 5.95 Å². The van der Waals surface area contributed by atoms with Crippen molar-refractivity contribution in [3.63, 3.8) is 0 Å². The summed E-state index contributed by atoms with van der Waals surface area (Å²) in [5.41, 5.74) is 6.68. The third-order valence-electron chi connectivity index (χ3n) is 4.42. The number of nitrogens with two attached hydrogens (primary N) is 1. The van der Waals surface area contributed by atoms with E-state index in [1.807, 2.05) is 24.3 Å². The number of aromatic amines is 1. The zero-order valence-electron chi connectivity index (χ0n) is 15.3. The predicted molar refractivity (Wildman–Crippen MR) is 110 cm³/mol. The normalized spacial score (nSPS) is 22.2. The van der Waals surface area contributed by atoms with Crippen molar-refractivity contribution in [3.8, 4) is 0 Å². The lowest BCUT2D eigenvalue weighted by atomic mass is 10.1. The van der Waals surface area contributed by atoms with Crippen molar-refractivity contribution in [2.75, 3.05) is 25.3 Å². The molecule has 1 saturated heterocycles. The van der Waals surface area contributed by atoms with Gasteiger partial charge in [-0.05, 0) is 17.7 Å². The number of fused-ring (bicyclic) bond motifs is 1. The maximum absolute atomic E-state index is 12.9. The maximum atomic E-state index is 12.9. The molecule has 2 atom stereocenters. The van der Waals surface area contributed by atoms with E-state index in [0.717, 1.165) is 10.0 Å². The molecule has 1 fully saturated rings. The molecule has 0 spiro atoms. The first-order chi connectivity index (χ1) is 13.9.